The number of hydrogen-bond donors (Lipinski definition) is 1. The predicted octanol–water partition coefficient (Wildman–Crippen LogP) is 4.26. The molecule has 0 saturated carbocycles. The van der Waals surface area contributed by atoms with Crippen molar-refractivity contribution in [2.45, 2.75) is 26.2 Å². The summed E-state index contributed by atoms with van der Waals surface area (Å²) in [6.07, 6.45) is 4.98. The van der Waals surface area contributed by atoms with Crippen LogP contribution in [0.1, 0.15) is 24.5 Å². The van der Waals surface area contributed by atoms with E-state index in [9.17, 15) is 0 Å². The lowest BCUT2D eigenvalue weighted by Crippen LogP contribution is -2.25. The number of aromatic nitrogens is 3. The molecule has 0 atom stereocenters. The van der Waals surface area contributed by atoms with E-state index in [1.165, 1.54) is 16.8 Å². The van der Waals surface area contributed by atoms with Gasteiger partial charge in [0.25, 0.3) is 0 Å². The molecule has 0 spiro atoms. The van der Waals surface area contributed by atoms with Crippen LogP contribution in [0.25, 0.3) is 0 Å². The van der Waals surface area contributed by atoms with Crippen LogP contribution in [0.5, 0.6) is 0 Å². The Hall–Kier alpha value is -2.95. The molecule has 4 rings (SSSR count). The fourth-order valence-electron chi connectivity index (χ4n) is 3.20. The van der Waals surface area contributed by atoms with Crippen molar-refractivity contribution in [2.75, 3.05) is 16.8 Å². The van der Waals surface area contributed by atoms with Gasteiger partial charge in [0.05, 0.1) is 6.20 Å². The quantitative estimate of drug-likeness (QED) is 0.774. The Morgan fingerprint density at radius 3 is 2.76 bits per heavy atom. The van der Waals surface area contributed by atoms with Crippen molar-refractivity contribution in [3.63, 3.8) is 0 Å². The van der Waals surface area contributed by atoms with Gasteiger partial charge in [-0.1, -0.05) is 37.3 Å². The maximum atomic E-state index is 4.67. The molecule has 2 aromatic carbocycles. The zero-order valence-electron chi connectivity index (χ0n) is 14.3. The molecule has 0 aliphatic carbocycles. The largest absolute Gasteiger partial charge is 0.325 e. The van der Waals surface area contributed by atoms with E-state index in [0.717, 1.165) is 37.3 Å². The van der Waals surface area contributed by atoms with E-state index < -0.39 is 0 Å². The fraction of sp³-hybridized carbons (Fsp3) is 0.250. The van der Waals surface area contributed by atoms with Gasteiger partial charge in [-0.05, 0) is 48.6 Å². The molecule has 1 N–H and O–H groups in total. The van der Waals surface area contributed by atoms with Gasteiger partial charge < -0.3 is 10.2 Å². The van der Waals surface area contributed by atoms with Gasteiger partial charge in [0.2, 0.25) is 5.95 Å². The van der Waals surface area contributed by atoms with Crippen LogP contribution in [0.15, 0.2) is 54.7 Å². The highest BCUT2D eigenvalue weighted by atomic mass is 15.3. The number of benzene rings is 2. The first-order valence-corrected chi connectivity index (χ1v) is 8.74. The standard InChI is InChI=1S/C20H21N5/c1-2-15-9-11-17(12-10-15)22-20-23-19(14-21-24-20)25-13-5-7-16-6-3-4-8-18(16)25/h3-4,6,8-12,14H,2,5,7,13H2,1H3,(H,22,23,24). The second kappa shape index (κ2) is 6.89. The molecule has 1 aliphatic rings. The number of aryl methyl sites for hydroxylation is 2. The minimum Gasteiger partial charge on any atom is -0.325 e. The van der Waals surface area contributed by atoms with Crippen LogP contribution >= 0.6 is 0 Å². The first-order valence-electron chi connectivity index (χ1n) is 8.74. The number of nitrogens with one attached hydrogen (secondary N) is 1. The van der Waals surface area contributed by atoms with Crippen molar-refractivity contribution in [3.8, 4) is 0 Å². The Bertz CT molecular complexity index is 860. The Balaban J connectivity index is 1.59. The van der Waals surface area contributed by atoms with Gasteiger partial charge in [-0.25, -0.2) is 0 Å². The normalized spacial score (nSPS) is 13.4. The summed E-state index contributed by atoms with van der Waals surface area (Å²) in [5.74, 6) is 1.35. The van der Waals surface area contributed by atoms with Crippen molar-refractivity contribution in [3.05, 3.63) is 65.9 Å². The van der Waals surface area contributed by atoms with Gasteiger partial charge in [-0.3, -0.25) is 0 Å². The molecule has 5 nitrogen and oxygen atoms in total. The molecule has 0 unspecified atom stereocenters. The van der Waals surface area contributed by atoms with Crippen molar-refractivity contribution < 1.29 is 0 Å². The lowest BCUT2D eigenvalue weighted by molar-refractivity contribution is 0.754. The summed E-state index contributed by atoms with van der Waals surface area (Å²) in [6, 6.07) is 16.8. The summed E-state index contributed by atoms with van der Waals surface area (Å²) in [5.41, 5.74) is 4.85. The Kier molecular flexibility index (Phi) is 4.29. The molecule has 3 aromatic rings. The third-order valence-electron chi connectivity index (χ3n) is 4.55. The van der Waals surface area contributed by atoms with Crippen LogP contribution in [0, 0.1) is 0 Å². The van der Waals surface area contributed by atoms with E-state index in [1.807, 2.05) is 12.1 Å². The van der Waals surface area contributed by atoms with Gasteiger partial charge in [-0.2, -0.15) is 10.1 Å². The van der Waals surface area contributed by atoms with Crippen LogP contribution in [0.2, 0.25) is 0 Å². The molecule has 126 valence electrons. The number of para-hydroxylation sites is 1. The van der Waals surface area contributed by atoms with Gasteiger partial charge in [0.1, 0.15) is 0 Å². The molecular formula is C20H21N5. The van der Waals surface area contributed by atoms with E-state index in [0.29, 0.717) is 5.95 Å². The maximum Gasteiger partial charge on any atom is 0.249 e. The summed E-state index contributed by atoms with van der Waals surface area (Å²) in [4.78, 5) is 6.90. The zero-order valence-corrected chi connectivity index (χ0v) is 14.3. The average molecular weight is 331 g/mol. The van der Waals surface area contributed by atoms with Gasteiger partial charge in [0.15, 0.2) is 5.82 Å². The highest BCUT2D eigenvalue weighted by Gasteiger charge is 2.19. The molecule has 0 radical (unpaired) electrons. The number of rotatable bonds is 4. The van der Waals surface area contributed by atoms with Crippen LogP contribution in [0.3, 0.4) is 0 Å². The molecule has 0 amide bonds. The summed E-state index contributed by atoms with van der Waals surface area (Å²) >= 11 is 0. The summed E-state index contributed by atoms with van der Waals surface area (Å²) in [5, 5.41) is 11.5. The first-order chi connectivity index (χ1) is 12.3. The van der Waals surface area contributed by atoms with Crippen LogP contribution in [0.4, 0.5) is 23.1 Å². The molecule has 1 aromatic heterocycles. The fourth-order valence-corrected chi connectivity index (χ4v) is 3.20. The Morgan fingerprint density at radius 2 is 1.92 bits per heavy atom. The molecular weight excluding hydrogens is 310 g/mol. The average Bonchev–Trinajstić information content (AvgIpc) is 2.68. The molecule has 5 heteroatoms. The first kappa shape index (κ1) is 15.6. The number of fused-ring (bicyclic) bond motifs is 1. The zero-order chi connectivity index (χ0) is 17.1. The minimum atomic E-state index is 0.518. The van der Waals surface area contributed by atoms with Crippen molar-refractivity contribution in [1.82, 2.24) is 15.2 Å². The van der Waals surface area contributed by atoms with E-state index >= 15 is 0 Å². The Labute approximate surface area is 147 Å². The number of anilines is 4. The third-order valence-corrected chi connectivity index (χ3v) is 4.55. The van der Waals surface area contributed by atoms with Gasteiger partial charge >= 0.3 is 0 Å². The van der Waals surface area contributed by atoms with E-state index in [4.69, 9.17) is 0 Å². The molecule has 0 fully saturated rings. The molecule has 2 heterocycles. The van der Waals surface area contributed by atoms with Crippen LogP contribution in [-0.2, 0) is 12.8 Å². The van der Waals surface area contributed by atoms with E-state index in [-0.39, 0.29) is 0 Å². The molecule has 0 bridgehead atoms. The second-order valence-corrected chi connectivity index (χ2v) is 6.20. The molecule has 25 heavy (non-hydrogen) atoms. The summed E-state index contributed by atoms with van der Waals surface area (Å²) in [7, 11) is 0. The SMILES string of the molecule is CCc1ccc(Nc2nncc(N3CCCc4ccccc43)n2)cc1. The lowest BCUT2D eigenvalue weighted by atomic mass is 10.0. The van der Waals surface area contributed by atoms with Crippen LogP contribution in [-0.4, -0.2) is 21.7 Å². The van der Waals surface area contributed by atoms with Gasteiger partial charge in [-0.15, -0.1) is 5.10 Å². The van der Waals surface area contributed by atoms with E-state index in [1.54, 1.807) is 6.20 Å². The highest BCUT2D eigenvalue weighted by molar-refractivity contribution is 5.66. The van der Waals surface area contributed by atoms with Gasteiger partial charge in [0, 0.05) is 17.9 Å². The van der Waals surface area contributed by atoms with Crippen molar-refractivity contribution in [1.29, 1.82) is 0 Å². The van der Waals surface area contributed by atoms with Crippen molar-refractivity contribution >= 4 is 23.1 Å². The number of hydrogen-bond acceptors (Lipinski definition) is 5. The number of nitrogens with zero attached hydrogens (tertiary/aromatic N) is 4. The second-order valence-electron chi connectivity index (χ2n) is 6.20. The summed E-state index contributed by atoms with van der Waals surface area (Å²) < 4.78 is 0. The molecule has 1 aliphatic heterocycles. The lowest BCUT2D eigenvalue weighted by Gasteiger charge is -2.30. The Morgan fingerprint density at radius 1 is 1.08 bits per heavy atom. The van der Waals surface area contributed by atoms with Crippen LogP contribution < -0.4 is 10.2 Å². The topological polar surface area (TPSA) is 53.9 Å². The minimum absolute atomic E-state index is 0.518. The van der Waals surface area contributed by atoms with E-state index in [2.05, 4.69) is 68.7 Å². The maximum absolute atomic E-state index is 4.67. The highest BCUT2D eigenvalue weighted by Crippen LogP contribution is 2.32. The summed E-state index contributed by atoms with van der Waals surface area (Å²) in [6.45, 7) is 3.09. The molecule has 0 saturated heterocycles. The predicted molar refractivity (Wildman–Crippen MR) is 101 cm³/mol. The monoisotopic (exact) mass is 331 g/mol. The van der Waals surface area contributed by atoms with Crippen molar-refractivity contribution in [2.24, 2.45) is 0 Å². The smallest absolute Gasteiger partial charge is 0.249 e. The third kappa shape index (κ3) is 3.31.